The van der Waals surface area contributed by atoms with E-state index in [-0.39, 0.29) is 0 Å². The van der Waals surface area contributed by atoms with E-state index < -0.39 is 23.8 Å². The fourth-order valence-corrected chi connectivity index (χ4v) is 3.02. The summed E-state index contributed by atoms with van der Waals surface area (Å²) in [6.07, 6.45) is 0.389. The number of imide groups is 2. The Labute approximate surface area is 152 Å². The minimum Gasteiger partial charge on any atom is -0.340 e. The van der Waals surface area contributed by atoms with Crippen LogP contribution < -0.4 is 14.7 Å². The third-order valence-electron chi connectivity index (χ3n) is 4.38. The van der Waals surface area contributed by atoms with Gasteiger partial charge < -0.3 is 4.90 Å². The molecule has 0 atom stereocenters. The van der Waals surface area contributed by atoms with Crippen LogP contribution in [0.5, 0.6) is 0 Å². The molecule has 3 rings (SSSR count). The molecule has 1 aliphatic rings. The predicted molar refractivity (Wildman–Crippen MR) is 99.0 cm³/mol. The summed E-state index contributed by atoms with van der Waals surface area (Å²) in [4.78, 5) is 42.4. The second kappa shape index (κ2) is 7.49. The van der Waals surface area contributed by atoms with E-state index in [1.165, 1.54) is 0 Å². The van der Waals surface area contributed by atoms with Crippen LogP contribution in [0.25, 0.3) is 0 Å². The summed E-state index contributed by atoms with van der Waals surface area (Å²) in [5.74, 6) is -1.79. The van der Waals surface area contributed by atoms with E-state index in [2.05, 4.69) is 0 Å². The van der Waals surface area contributed by atoms with Crippen LogP contribution in [0.15, 0.2) is 60.7 Å². The maximum atomic E-state index is 13.0. The predicted octanol–water partition coefficient (Wildman–Crippen LogP) is 1.34. The number of barbiturate groups is 1. The molecule has 26 heavy (non-hydrogen) atoms. The topological polar surface area (TPSA) is 62.1 Å². The van der Waals surface area contributed by atoms with Gasteiger partial charge in [-0.1, -0.05) is 36.4 Å². The number of nitrogens with one attached hydrogen (secondary N) is 1. The van der Waals surface area contributed by atoms with Gasteiger partial charge in [0.2, 0.25) is 11.8 Å². The third kappa shape index (κ3) is 3.36. The van der Waals surface area contributed by atoms with Crippen LogP contribution in [-0.4, -0.2) is 38.5 Å². The summed E-state index contributed by atoms with van der Waals surface area (Å²) in [6.45, 7) is 0.654. The molecule has 4 amide bonds. The average Bonchev–Trinajstić information content (AvgIpc) is 2.63. The summed E-state index contributed by atoms with van der Waals surface area (Å²) in [6, 6.07) is 16.8. The molecule has 6 heteroatoms. The highest BCUT2D eigenvalue weighted by Gasteiger charge is 2.47. The smallest absolute Gasteiger partial charge is 0.340 e. The monoisotopic (exact) mass is 352 g/mol. The van der Waals surface area contributed by atoms with Gasteiger partial charge in [0.25, 0.3) is 0 Å². The highest BCUT2D eigenvalue weighted by molar-refractivity contribution is 6.36. The Bertz CT molecular complexity index is 744. The van der Waals surface area contributed by atoms with Gasteiger partial charge in [-0.3, -0.25) is 9.59 Å². The molecule has 0 aromatic heterocycles. The van der Waals surface area contributed by atoms with E-state index in [1.54, 1.807) is 48.5 Å². The number of carbonyl (C=O) groups is 3. The summed E-state index contributed by atoms with van der Waals surface area (Å²) in [5, 5.41) is 0. The van der Waals surface area contributed by atoms with Crippen molar-refractivity contribution in [1.29, 1.82) is 0 Å². The van der Waals surface area contributed by atoms with E-state index in [4.69, 9.17) is 0 Å². The van der Waals surface area contributed by atoms with Crippen LogP contribution in [0.1, 0.15) is 6.42 Å². The largest absolute Gasteiger partial charge is 0.342 e. The van der Waals surface area contributed by atoms with Gasteiger partial charge in [-0.05, 0) is 24.3 Å². The minimum atomic E-state index is -0.872. The van der Waals surface area contributed by atoms with E-state index in [9.17, 15) is 14.4 Å². The Morgan fingerprint density at radius 3 is 1.58 bits per heavy atom. The summed E-state index contributed by atoms with van der Waals surface area (Å²) in [7, 11) is 3.93. The average molecular weight is 352 g/mol. The number of benzene rings is 2. The number of rotatable bonds is 5. The van der Waals surface area contributed by atoms with E-state index >= 15 is 0 Å². The summed E-state index contributed by atoms with van der Waals surface area (Å²) >= 11 is 0. The SMILES string of the molecule is C[NH+](C)CCC1C(=O)N(c2ccccc2)C(=O)N(c2ccccc2)C1=O. The molecule has 1 fully saturated rings. The van der Waals surface area contributed by atoms with Gasteiger partial charge >= 0.3 is 6.03 Å². The van der Waals surface area contributed by atoms with Gasteiger partial charge in [0.1, 0.15) is 5.92 Å². The van der Waals surface area contributed by atoms with Gasteiger partial charge in [-0.15, -0.1) is 0 Å². The molecular formula is C20H22N3O3+. The minimum absolute atomic E-state index is 0.389. The number of hydrogen-bond donors (Lipinski definition) is 1. The van der Waals surface area contributed by atoms with Crippen molar-refractivity contribution in [3.8, 4) is 0 Å². The Morgan fingerprint density at radius 2 is 1.19 bits per heavy atom. The van der Waals surface area contributed by atoms with Crippen LogP contribution in [-0.2, 0) is 9.59 Å². The maximum Gasteiger partial charge on any atom is 0.342 e. The molecule has 0 saturated carbocycles. The van der Waals surface area contributed by atoms with Gasteiger partial charge in [-0.25, -0.2) is 14.6 Å². The number of carbonyl (C=O) groups excluding carboxylic acids is 3. The van der Waals surface area contributed by atoms with Crippen LogP contribution in [0, 0.1) is 5.92 Å². The molecule has 1 aliphatic heterocycles. The van der Waals surface area contributed by atoms with Gasteiger partial charge in [-0.2, -0.15) is 0 Å². The first kappa shape index (κ1) is 17.8. The van der Waals surface area contributed by atoms with Crippen molar-refractivity contribution in [2.24, 2.45) is 5.92 Å². The second-order valence-corrected chi connectivity index (χ2v) is 6.60. The fourth-order valence-electron chi connectivity index (χ4n) is 3.02. The highest BCUT2D eigenvalue weighted by atomic mass is 16.2. The Hall–Kier alpha value is -2.99. The lowest BCUT2D eigenvalue weighted by Gasteiger charge is -2.36. The second-order valence-electron chi connectivity index (χ2n) is 6.60. The first-order chi connectivity index (χ1) is 12.5. The number of anilines is 2. The highest BCUT2D eigenvalue weighted by Crippen LogP contribution is 2.29. The van der Waals surface area contributed by atoms with Gasteiger partial charge in [0, 0.05) is 6.42 Å². The van der Waals surface area contributed by atoms with Gasteiger partial charge in [0.05, 0.1) is 32.0 Å². The normalized spacial score (nSPS) is 15.9. The quantitative estimate of drug-likeness (QED) is 0.826. The zero-order valence-electron chi connectivity index (χ0n) is 14.9. The summed E-state index contributed by atoms with van der Waals surface area (Å²) < 4.78 is 0. The van der Waals surface area contributed by atoms with E-state index in [0.29, 0.717) is 24.3 Å². The van der Waals surface area contributed by atoms with Crippen LogP contribution >= 0.6 is 0 Å². The van der Waals surface area contributed by atoms with Crippen molar-refractivity contribution in [2.75, 3.05) is 30.4 Å². The first-order valence-corrected chi connectivity index (χ1v) is 8.61. The lowest BCUT2D eigenvalue weighted by molar-refractivity contribution is -0.858. The molecule has 1 N–H and O–H groups in total. The number of amides is 4. The third-order valence-corrected chi connectivity index (χ3v) is 4.38. The number of quaternary nitrogens is 1. The molecule has 0 radical (unpaired) electrons. The number of nitrogens with zero attached hydrogens (tertiary/aromatic N) is 2. The molecule has 1 saturated heterocycles. The van der Waals surface area contributed by atoms with Crippen molar-refractivity contribution >= 4 is 29.2 Å². The Balaban J connectivity index is 2.03. The zero-order valence-corrected chi connectivity index (χ0v) is 14.9. The molecule has 2 aromatic rings. The lowest BCUT2D eigenvalue weighted by atomic mass is 9.98. The summed E-state index contributed by atoms with van der Waals surface area (Å²) in [5.41, 5.74) is 0.941. The molecule has 1 heterocycles. The molecule has 0 aliphatic carbocycles. The van der Waals surface area contributed by atoms with Crippen molar-refractivity contribution in [3.63, 3.8) is 0 Å². The van der Waals surface area contributed by atoms with Crippen molar-refractivity contribution in [3.05, 3.63) is 60.7 Å². The first-order valence-electron chi connectivity index (χ1n) is 8.61. The molecule has 134 valence electrons. The van der Waals surface area contributed by atoms with Crippen LogP contribution in [0.3, 0.4) is 0 Å². The van der Waals surface area contributed by atoms with Crippen molar-refractivity contribution in [1.82, 2.24) is 0 Å². The zero-order chi connectivity index (χ0) is 18.7. The molecular weight excluding hydrogens is 330 g/mol. The molecule has 0 spiro atoms. The maximum absolute atomic E-state index is 13.0. The van der Waals surface area contributed by atoms with E-state index in [1.807, 2.05) is 26.2 Å². The standard InChI is InChI=1S/C20H21N3O3/c1-21(2)14-13-17-18(24)22(15-9-5-3-6-10-15)20(26)23(19(17)25)16-11-7-4-8-12-16/h3-12,17H,13-14H2,1-2H3/p+1. The Kier molecular flexibility index (Phi) is 5.14. The number of para-hydroxylation sites is 2. The molecule has 0 unspecified atom stereocenters. The van der Waals surface area contributed by atoms with Crippen LogP contribution in [0.2, 0.25) is 0 Å². The molecule has 6 nitrogen and oxygen atoms in total. The fraction of sp³-hybridized carbons (Fsp3) is 0.250. The lowest BCUT2D eigenvalue weighted by Crippen LogP contribution is -3.05. The van der Waals surface area contributed by atoms with Crippen molar-refractivity contribution in [2.45, 2.75) is 6.42 Å². The molecule has 0 bridgehead atoms. The van der Waals surface area contributed by atoms with Crippen molar-refractivity contribution < 1.29 is 19.3 Å². The number of hydrogen-bond acceptors (Lipinski definition) is 3. The van der Waals surface area contributed by atoms with Crippen LogP contribution in [0.4, 0.5) is 16.2 Å². The van der Waals surface area contributed by atoms with E-state index in [0.717, 1.165) is 14.7 Å². The number of urea groups is 1. The van der Waals surface area contributed by atoms with Gasteiger partial charge in [0.15, 0.2) is 0 Å². The molecule has 2 aromatic carbocycles. The Morgan fingerprint density at radius 1 is 0.769 bits per heavy atom.